The summed E-state index contributed by atoms with van der Waals surface area (Å²) in [5, 5.41) is 3.41. The summed E-state index contributed by atoms with van der Waals surface area (Å²) in [4.78, 5) is 11.9. The van der Waals surface area contributed by atoms with Crippen LogP contribution in [0.5, 0.6) is 0 Å². The fourth-order valence-corrected chi connectivity index (χ4v) is 2.46. The van der Waals surface area contributed by atoms with Gasteiger partial charge in [-0.3, -0.25) is 0 Å². The van der Waals surface area contributed by atoms with E-state index in [1.807, 2.05) is 26.0 Å². The van der Waals surface area contributed by atoms with Crippen LogP contribution in [0.15, 0.2) is 18.2 Å². The summed E-state index contributed by atoms with van der Waals surface area (Å²) in [6.45, 7) is 6.32. The van der Waals surface area contributed by atoms with E-state index in [-0.39, 0.29) is 5.97 Å². The summed E-state index contributed by atoms with van der Waals surface area (Å²) < 4.78 is 5.10. The summed E-state index contributed by atoms with van der Waals surface area (Å²) in [6.07, 6.45) is 2.39. The second-order valence-electron chi connectivity index (χ2n) is 4.84. The van der Waals surface area contributed by atoms with Crippen molar-refractivity contribution >= 4 is 5.97 Å². The molecular weight excluding hydrogens is 226 g/mol. The summed E-state index contributed by atoms with van der Waals surface area (Å²) in [5.74, 6) is 0.313. The predicted octanol–water partition coefficient (Wildman–Crippen LogP) is 2.64. The highest BCUT2D eigenvalue weighted by atomic mass is 16.5. The molecule has 0 radical (unpaired) electrons. The van der Waals surface area contributed by atoms with Crippen LogP contribution in [0.4, 0.5) is 0 Å². The molecule has 0 amide bonds. The van der Waals surface area contributed by atoms with Crippen LogP contribution in [0, 0.1) is 6.92 Å². The Morgan fingerprint density at radius 3 is 3.00 bits per heavy atom. The number of hydrogen-bond acceptors (Lipinski definition) is 3. The normalized spacial score (nSPS) is 19.6. The van der Waals surface area contributed by atoms with E-state index in [4.69, 9.17) is 4.74 Å². The van der Waals surface area contributed by atoms with Crippen molar-refractivity contribution in [2.75, 3.05) is 19.7 Å². The zero-order chi connectivity index (χ0) is 13.0. The van der Waals surface area contributed by atoms with E-state index in [9.17, 15) is 4.79 Å². The summed E-state index contributed by atoms with van der Waals surface area (Å²) in [7, 11) is 0. The Kier molecular flexibility index (Phi) is 4.37. The lowest BCUT2D eigenvalue weighted by Gasteiger charge is -2.23. The molecule has 1 aliphatic heterocycles. The number of carbonyl (C=O) groups is 1. The van der Waals surface area contributed by atoms with Crippen molar-refractivity contribution in [3.8, 4) is 0 Å². The third kappa shape index (κ3) is 2.91. The van der Waals surface area contributed by atoms with E-state index >= 15 is 0 Å². The highest BCUT2D eigenvalue weighted by Crippen LogP contribution is 2.25. The third-order valence-electron chi connectivity index (χ3n) is 3.53. The van der Waals surface area contributed by atoms with Gasteiger partial charge >= 0.3 is 5.97 Å². The maximum Gasteiger partial charge on any atom is 0.338 e. The van der Waals surface area contributed by atoms with Crippen molar-refractivity contribution in [1.82, 2.24) is 5.32 Å². The average molecular weight is 247 g/mol. The van der Waals surface area contributed by atoms with Gasteiger partial charge in [-0.15, -0.1) is 0 Å². The molecule has 1 heterocycles. The highest BCUT2D eigenvalue weighted by molar-refractivity contribution is 5.91. The van der Waals surface area contributed by atoms with Gasteiger partial charge in [-0.25, -0.2) is 4.79 Å². The van der Waals surface area contributed by atoms with Crippen molar-refractivity contribution in [2.24, 2.45) is 0 Å². The van der Waals surface area contributed by atoms with Gasteiger partial charge in [0.25, 0.3) is 0 Å². The first-order valence-electron chi connectivity index (χ1n) is 6.70. The van der Waals surface area contributed by atoms with Crippen LogP contribution in [0.25, 0.3) is 0 Å². The predicted molar refractivity (Wildman–Crippen MR) is 72.0 cm³/mol. The highest BCUT2D eigenvalue weighted by Gasteiger charge is 2.18. The Morgan fingerprint density at radius 1 is 1.50 bits per heavy atom. The van der Waals surface area contributed by atoms with Gasteiger partial charge in [0, 0.05) is 6.54 Å². The molecule has 1 fully saturated rings. The van der Waals surface area contributed by atoms with Gasteiger partial charge in [-0.2, -0.15) is 0 Å². The molecule has 1 aromatic rings. The first kappa shape index (κ1) is 13.1. The minimum absolute atomic E-state index is 0.208. The largest absolute Gasteiger partial charge is 0.462 e. The number of piperidine rings is 1. The molecule has 3 nitrogen and oxygen atoms in total. The standard InChI is InChI=1S/C15H21NO2/c1-3-18-15(17)14-9-12(7-6-11(14)2)13-5-4-8-16-10-13/h6-7,9,13,16H,3-5,8,10H2,1-2H3/t13-/m1/s1. The van der Waals surface area contributed by atoms with Crippen LogP contribution >= 0.6 is 0 Å². The molecule has 0 aliphatic carbocycles. The molecule has 1 aromatic carbocycles. The number of nitrogens with one attached hydrogen (secondary N) is 1. The molecule has 0 bridgehead atoms. The SMILES string of the molecule is CCOC(=O)c1cc([C@@H]2CCCNC2)ccc1C. The van der Waals surface area contributed by atoms with Crippen molar-refractivity contribution in [2.45, 2.75) is 32.6 Å². The van der Waals surface area contributed by atoms with Gasteiger partial charge in [-0.1, -0.05) is 12.1 Å². The first-order chi connectivity index (χ1) is 8.72. The Morgan fingerprint density at radius 2 is 2.33 bits per heavy atom. The molecule has 0 saturated carbocycles. The number of rotatable bonds is 3. The Labute approximate surface area is 109 Å². The van der Waals surface area contributed by atoms with Crippen molar-refractivity contribution in [3.05, 3.63) is 34.9 Å². The van der Waals surface area contributed by atoms with Crippen LogP contribution in [-0.4, -0.2) is 25.7 Å². The third-order valence-corrected chi connectivity index (χ3v) is 3.53. The van der Waals surface area contributed by atoms with Crippen LogP contribution in [-0.2, 0) is 4.74 Å². The number of benzene rings is 1. The summed E-state index contributed by atoms with van der Waals surface area (Å²) in [5.41, 5.74) is 2.94. The van der Waals surface area contributed by atoms with E-state index in [2.05, 4.69) is 11.4 Å². The lowest BCUT2D eigenvalue weighted by Crippen LogP contribution is -2.28. The van der Waals surface area contributed by atoms with Gasteiger partial charge in [-0.05, 0) is 56.3 Å². The smallest absolute Gasteiger partial charge is 0.338 e. The van der Waals surface area contributed by atoms with Crippen LogP contribution in [0.3, 0.4) is 0 Å². The molecule has 1 atom stereocenters. The number of esters is 1. The molecule has 0 aromatic heterocycles. The lowest BCUT2D eigenvalue weighted by molar-refractivity contribution is 0.0525. The minimum Gasteiger partial charge on any atom is -0.462 e. The van der Waals surface area contributed by atoms with Gasteiger partial charge in [0.2, 0.25) is 0 Å². The second-order valence-corrected chi connectivity index (χ2v) is 4.84. The molecule has 1 aliphatic rings. The monoisotopic (exact) mass is 247 g/mol. The molecule has 0 unspecified atom stereocenters. The van der Waals surface area contributed by atoms with Crippen molar-refractivity contribution < 1.29 is 9.53 Å². The average Bonchev–Trinajstić information content (AvgIpc) is 2.40. The fraction of sp³-hybridized carbons (Fsp3) is 0.533. The lowest BCUT2D eigenvalue weighted by atomic mass is 9.89. The maximum absolute atomic E-state index is 11.9. The first-order valence-corrected chi connectivity index (χ1v) is 6.70. The number of carbonyl (C=O) groups excluding carboxylic acids is 1. The second kappa shape index (κ2) is 6.01. The van der Waals surface area contributed by atoms with E-state index in [0.29, 0.717) is 18.1 Å². The Bertz CT molecular complexity index is 423. The van der Waals surface area contributed by atoms with Gasteiger partial charge < -0.3 is 10.1 Å². The molecule has 3 heteroatoms. The van der Waals surface area contributed by atoms with Crippen LogP contribution in [0.1, 0.15) is 47.2 Å². The van der Waals surface area contributed by atoms with E-state index < -0.39 is 0 Å². The van der Waals surface area contributed by atoms with Crippen molar-refractivity contribution in [3.63, 3.8) is 0 Å². The quantitative estimate of drug-likeness (QED) is 0.834. The molecule has 1 saturated heterocycles. The summed E-state index contributed by atoms with van der Waals surface area (Å²) >= 11 is 0. The van der Waals surface area contributed by atoms with E-state index in [1.165, 1.54) is 18.4 Å². The van der Waals surface area contributed by atoms with Gasteiger partial charge in [0.05, 0.1) is 12.2 Å². The zero-order valence-electron chi connectivity index (χ0n) is 11.2. The number of aryl methyl sites for hydroxylation is 1. The maximum atomic E-state index is 11.9. The van der Waals surface area contributed by atoms with E-state index in [0.717, 1.165) is 18.7 Å². The molecule has 2 rings (SSSR count). The molecule has 98 valence electrons. The Balaban J connectivity index is 2.22. The van der Waals surface area contributed by atoms with Crippen LogP contribution < -0.4 is 5.32 Å². The number of hydrogen-bond donors (Lipinski definition) is 1. The van der Waals surface area contributed by atoms with E-state index in [1.54, 1.807) is 0 Å². The molecule has 0 spiro atoms. The van der Waals surface area contributed by atoms with Crippen molar-refractivity contribution in [1.29, 1.82) is 0 Å². The topological polar surface area (TPSA) is 38.3 Å². The molecular formula is C15H21NO2. The zero-order valence-corrected chi connectivity index (χ0v) is 11.2. The minimum atomic E-state index is -0.208. The fourth-order valence-electron chi connectivity index (χ4n) is 2.46. The Hall–Kier alpha value is -1.35. The summed E-state index contributed by atoms with van der Waals surface area (Å²) in [6, 6.07) is 6.16. The van der Waals surface area contributed by atoms with Crippen LogP contribution in [0.2, 0.25) is 0 Å². The molecule has 18 heavy (non-hydrogen) atoms. The molecule has 1 N–H and O–H groups in total. The van der Waals surface area contributed by atoms with Gasteiger partial charge in [0.1, 0.15) is 0 Å². The number of ether oxygens (including phenoxy) is 1. The van der Waals surface area contributed by atoms with Gasteiger partial charge in [0.15, 0.2) is 0 Å².